The minimum atomic E-state index is 1.01. The van der Waals surface area contributed by atoms with Crippen LogP contribution in [0.1, 0.15) is 0 Å². The summed E-state index contributed by atoms with van der Waals surface area (Å²) in [5.41, 5.74) is 1.16. The summed E-state index contributed by atoms with van der Waals surface area (Å²) < 4.78 is 0. The molecule has 0 amide bonds. The molecule has 1 saturated heterocycles. The first kappa shape index (κ1) is 11.4. The van der Waals surface area contributed by atoms with Crippen LogP contribution in [0.2, 0.25) is 0 Å². The van der Waals surface area contributed by atoms with Gasteiger partial charge in [-0.2, -0.15) is 0 Å². The van der Waals surface area contributed by atoms with Gasteiger partial charge < -0.3 is 10.2 Å². The molecule has 1 fully saturated rings. The van der Waals surface area contributed by atoms with Gasteiger partial charge in [0.1, 0.15) is 0 Å². The number of hydrogen-bond acceptors (Lipinski definition) is 4. The van der Waals surface area contributed by atoms with Crippen LogP contribution >= 0.6 is 0 Å². The molecule has 2 rings (SSSR count). The zero-order valence-corrected chi connectivity index (χ0v) is 9.89. The number of hydrogen-bond donors (Lipinski definition) is 1. The Bertz CT molecular complexity index is 293. The number of rotatable bonds is 4. The van der Waals surface area contributed by atoms with Crippen molar-refractivity contribution in [2.45, 2.75) is 0 Å². The molecule has 0 spiro atoms. The number of nitrogens with one attached hydrogen (secondary N) is 1. The summed E-state index contributed by atoms with van der Waals surface area (Å²) in [6.45, 7) is 6.89. The van der Waals surface area contributed by atoms with Gasteiger partial charge in [-0.05, 0) is 19.2 Å². The molecule has 1 N–H and O–H groups in total. The van der Waals surface area contributed by atoms with Crippen molar-refractivity contribution in [3.05, 3.63) is 24.5 Å². The standard InChI is InChI=1S/C12H20N4/c1-15-8-10-16(11-9-15)7-6-14-12-2-4-13-5-3-12/h2-5H,6-11H2,1H3,(H,13,14). The summed E-state index contributed by atoms with van der Waals surface area (Å²) in [5.74, 6) is 0. The van der Waals surface area contributed by atoms with Crippen molar-refractivity contribution < 1.29 is 0 Å². The van der Waals surface area contributed by atoms with E-state index in [0.29, 0.717) is 0 Å². The van der Waals surface area contributed by atoms with E-state index in [1.807, 2.05) is 24.5 Å². The molecule has 1 aliphatic rings. The molecule has 1 aliphatic heterocycles. The second-order valence-corrected chi connectivity index (χ2v) is 4.31. The van der Waals surface area contributed by atoms with Crippen molar-refractivity contribution in [2.75, 3.05) is 51.6 Å². The van der Waals surface area contributed by atoms with Crippen molar-refractivity contribution in [3.63, 3.8) is 0 Å². The highest BCUT2D eigenvalue weighted by Gasteiger charge is 2.12. The molecule has 0 aromatic carbocycles. The first-order valence-electron chi connectivity index (χ1n) is 5.89. The molecular formula is C12H20N4. The van der Waals surface area contributed by atoms with E-state index < -0.39 is 0 Å². The maximum atomic E-state index is 4.00. The van der Waals surface area contributed by atoms with E-state index in [9.17, 15) is 0 Å². The van der Waals surface area contributed by atoms with Crippen molar-refractivity contribution >= 4 is 5.69 Å². The summed E-state index contributed by atoms with van der Waals surface area (Å²) in [4.78, 5) is 8.89. The Hall–Kier alpha value is -1.13. The lowest BCUT2D eigenvalue weighted by molar-refractivity contribution is 0.158. The Kier molecular flexibility index (Phi) is 4.13. The minimum absolute atomic E-state index is 1.01. The van der Waals surface area contributed by atoms with Crippen LogP contribution < -0.4 is 5.32 Å². The Morgan fingerprint density at radius 3 is 2.56 bits per heavy atom. The van der Waals surface area contributed by atoms with Crippen LogP contribution in [0, 0.1) is 0 Å². The molecular weight excluding hydrogens is 200 g/mol. The van der Waals surface area contributed by atoms with Crippen molar-refractivity contribution in [1.29, 1.82) is 0 Å². The highest BCUT2D eigenvalue weighted by molar-refractivity contribution is 5.40. The summed E-state index contributed by atoms with van der Waals surface area (Å²) in [6.07, 6.45) is 3.64. The third-order valence-corrected chi connectivity index (χ3v) is 3.03. The van der Waals surface area contributed by atoms with E-state index in [-0.39, 0.29) is 0 Å². The smallest absolute Gasteiger partial charge is 0.0371 e. The van der Waals surface area contributed by atoms with Crippen LogP contribution in [-0.2, 0) is 0 Å². The second-order valence-electron chi connectivity index (χ2n) is 4.31. The Balaban J connectivity index is 1.65. The van der Waals surface area contributed by atoms with Gasteiger partial charge in [0, 0.05) is 57.3 Å². The summed E-state index contributed by atoms with van der Waals surface area (Å²) in [6, 6.07) is 4.01. The molecule has 0 bridgehead atoms. The molecule has 16 heavy (non-hydrogen) atoms. The molecule has 1 aromatic heterocycles. The second kappa shape index (κ2) is 5.82. The third-order valence-electron chi connectivity index (χ3n) is 3.03. The number of anilines is 1. The topological polar surface area (TPSA) is 31.4 Å². The fourth-order valence-corrected chi connectivity index (χ4v) is 1.90. The average molecular weight is 220 g/mol. The SMILES string of the molecule is CN1CCN(CCNc2ccncc2)CC1. The van der Waals surface area contributed by atoms with Gasteiger partial charge in [-0.25, -0.2) is 0 Å². The highest BCUT2D eigenvalue weighted by atomic mass is 15.2. The normalized spacial score (nSPS) is 18.6. The van der Waals surface area contributed by atoms with Crippen LogP contribution in [-0.4, -0.2) is 61.1 Å². The van der Waals surface area contributed by atoms with E-state index in [2.05, 4.69) is 27.1 Å². The first-order valence-corrected chi connectivity index (χ1v) is 5.89. The van der Waals surface area contributed by atoms with Crippen LogP contribution in [0.5, 0.6) is 0 Å². The molecule has 4 nitrogen and oxygen atoms in total. The number of nitrogens with zero attached hydrogens (tertiary/aromatic N) is 3. The largest absolute Gasteiger partial charge is 0.384 e. The van der Waals surface area contributed by atoms with Gasteiger partial charge in [0.2, 0.25) is 0 Å². The highest BCUT2D eigenvalue weighted by Crippen LogP contribution is 2.03. The van der Waals surface area contributed by atoms with Gasteiger partial charge in [0.05, 0.1) is 0 Å². The predicted octanol–water partition coefficient (Wildman–Crippen LogP) is 0.741. The van der Waals surface area contributed by atoms with Crippen LogP contribution in [0.3, 0.4) is 0 Å². The fourth-order valence-electron chi connectivity index (χ4n) is 1.90. The maximum Gasteiger partial charge on any atom is 0.0371 e. The average Bonchev–Trinajstić information content (AvgIpc) is 2.33. The van der Waals surface area contributed by atoms with Crippen molar-refractivity contribution in [1.82, 2.24) is 14.8 Å². The fraction of sp³-hybridized carbons (Fsp3) is 0.583. The number of likely N-dealkylation sites (N-methyl/N-ethyl adjacent to an activating group) is 1. The maximum absolute atomic E-state index is 4.00. The molecule has 0 atom stereocenters. The Morgan fingerprint density at radius 2 is 1.88 bits per heavy atom. The monoisotopic (exact) mass is 220 g/mol. The number of pyridine rings is 1. The third kappa shape index (κ3) is 3.47. The van der Waals surface area contributed by atoms with E-state index in [1.165, 1.54) is 26.2 Å². The Morgan fingerprint density at radius 1 is 1.19 bits per heavy atom. The van der Waals surface area contributed by atoms with Crippen LogP contribution in [0.4, 0.5) is 5.69 Å². The first-order chi connectivity index (χ1) is 7.84. The summed E-state index contributed by atoms with van der Waals surface area (Å²) in [5, 5.41) is 3.41. The lowest BCUT2D eigenvalue weighted by Gasteiger charge is -2.32. The molecule has 1 aromatic rings. The molecule has 0 unspecified atom stereocenters. The number of piperazine rings is 1. The van der Waals surface area contributed by atoms with Gasteiger partial charge in [0.15, 0.2) is 0 Å². The Labute approximate surface area is 97.3 Å². The van der Waals surface area contributed by atoms with Crippen molar-refractivity contribution in [2.24, 2.45) is 0 Å². The van der Waals surface area contributed by atoms with Gasteiger partial charge in [0.25, 0.3) is 0 Å². The van der Waals surface area contributed by atoms with Gasteiger partial charge in [-0.1, -0.05) is 0 Å². The lowest BCUT2D eigenvalue weighted by atomic mass is 10.3. The van der Waals surface area contributed by atoms with Crippen molar-refractivity contribution in [3.8, 4) is 0 Å². The quantitative estimate of drug-likeness (QED) is 0.811. The minimum Gasteiger partial charge on any atom is -0.384 e. The van der Waals surface area contributed by atoms with Crippen LogP contribution in [0.15, 0.2) is 24.5 Å². The molecule has 0 aliphatic carbocycles. The predicted molar refractivity (Wildman–Crippen MR) is 66.7 cm³/mol. The molecule has 4 heteroatoms. The van der Waals surface area contributed by atoms with E-state index in [1.54, 1.807) is 0 Å². The molecule has 0 saturated carbocycles. The summed E-state index contributed by atoms with van der Waals surface area (Å²) >= 11 is 0. The molecule has 88 valence electrons. The summed E-state index contributed by atoms with van der Waals surface area (Å²) in [7, 11) is 2.19. The lowest BCUT2D eigenvalue weighted by Crippen LogP contribution is -2.45. The zero-order valence-electron chi connectivity index (χ0n) is 9.89. The van der Waals surface area contributed by atoms with E-state index in [4.69, 9.17) is 0 Å². The molecule has 0 radical (unpaired) electrons. The van der Waals surface area contributed by atoms with Gasteiger partial charge >= 0.3 is 0 Å². The van der Waals surface area contributed by atoms with Crippen LogP contribution in [0.25, 0.3) is 0 Å². The zero-order chi connectivity index (χ0) is 11.2. The van der Waals surface area contributed by atoms with E-state index >= 15 is 0 Å². The van der Waals surface area contributed by atoms with Gasteiger partial charge in [-0.3, -0.25) is 9.88 Å². The number of aromatic nitrogens is 1. The van der Waals surface area contributed by atoms with E-state index in [0.717, 1.165) is 18.8 Å². The molecule has 2 heterocycles. The van der Waals surface area contributed by atoms with Gasteiger partial charge in [-0.15, -0.1) is 0 Å².